The molecule has 1 fully saturated rings. The number of hydrogen-bond acceptors (Lipinski definition) is 7. The third-order valence-corrected chi connectivity index (χ3v) is 4.78. The molecule has 152 valence electrons. The summed E-state index contributed by atoms with van der Waals surface area (Å²) in [5.74, 6) is 0.356. The Morgan fingerprint density at radius 3 is 2.63 bits per heavy atom. The van der Waals surface area contributed by atoms with E-state index < -0.39 is 6.03 Å². The highest BCUT2D eigenvalue weighted by molar-refractivity contribution is 6.32. The van der Waals surface area contributed by atoms with Crippen LogP contribution in [-0.4, -0.2) is 46.6 Å². The number of hydrogen-bond donors (Lipinski definition) is 3. The van der Waals surface area contributed by atoms with Gasteiger partial charge in [-0.3, -0.25) is 0 Å². The van der Waals surface area contributed by atoms with Crippen LogP contribution in [0.2, 0.25) is 10.2 Å². The van der Waals surface area contributed by atoms with Gasteiger partial charge in [0.05, 0.1) is 47.4 Å². The normalized spacial score (nSPS) is 13.4. The minimum Gasteiger partial charge on any atom is -0.378 e. The van der Waals surface area contributed by atoms with Crippen molar-refractivity contribution in [3.8, 4) is 5.82 Å². The summed E-state index contributed by atoms with van der Waals surface area (Å²) >= 11 is 12.3. The van der Waals surface area contributed by atoms with Crippen LogP contribution >= 0.6 is 23.2 Å². The predicted molar refractivity (Wildman–Crippen MR) is 111 cm³/mol. The van der Waals surface area contributed by atoms with Crippen LogP contribution in [0.25, 0.3) is 11.5 Å². The smallest absolute Gasteiger partial charge is 0.323 e. The minimum absolute atomic E-state index is 0.287. The molecule has 11 nitrogen and oxygen atoms in total. The average molecular weight is 445 g/mol. The van der Waals surface area contributed by atoms with E-state index in [1.807, 2.05) is 0 Å². The van der Waals surface area contributed by atoms with Crippen LogP contribution in [0.5, 0.6) is 0 Å². The molecular weight excluding hydrogens is 431 g/mol. The number of halogens is 2. The molecule has 4 aromatic heterocycles. The second-order valence-electron chi connectivity index (χ2n) is 6.61. The highest BCUT2D eigenvalue weighted by Gasteiger charge is 2.25. The SMILES string of the molecule is O=C(Nc1cnc(-n2nccn2)c(Cl)c1)Nc1cnn2cc(Cl)nc2c1NC1CC1. The third kappa shape index (κ3) is 3.72. The van der Waals surface area contributed by atoms with E-state index in [4.69, 9.17) is 23.2 Å². The maximum atomic E-state index is 12.6. The van der Waals surface area contributed by atoms with Crippen LogP contribution in [-0.2, 0) is 0 Å². The van der Waals surface area contributed by atoms with Gasteiger partial charge in [-0.1, -0.05) is 23.2 Å². The van der Waals surface area contributed by atoms with Gasteiger partial charge < -0.3 is 16.0 Å². The van der Waals surface area contributed by atoms with E-state index in [2.05, 4.69) is 41.2 Å². The van der Waals surface area contributed by atoms with E-state index in [0.717, 1.165) is 12.8 Å². The third-order valence-electron chi connectivity index (χ3n) is 4.32. The molecule has 0 unspecified atom stereocenters. The Labute approximate surface area is 179 Å². The van der Waals surface area contributed by atoms with Crippen molar-refractivity contribution in [3.63, 3.8) is 0 Å². The lowest BCUT2D eigenvalue weighted by Gasteiger charge is -2.14. The quantitative estimate of drug-likeness (QED) is 0.431. The molecule has 1 aliphatic carbocycles. The number of amides is 2. The minimum atomic E-state index is -0.486. The number of urea groups is 1. The number of carbonyl (C=O) groups excluding carboxylic acids is 1. The Balaban J connectivity index is 1.36. The fourth-order valence-electron chi connectivity index (χ4n) is 2.83. The van der Waals surface area contributed by atoms with Crippen LogP contribution in [0.4, 0.5) is 21.9 Å². The molecule has 0 spiro atoms. The zero-order chi connectivity index (χ0) is 20.7. The zero-order valence-electron chi connectivity index (χ0n) is 15.3. The number of carbonyl (C=O) groups is 1. The van der Waals surface area contributed by atoms with Gasteiger partial charge in [0.1, 0.15) is 10.8 Å². The van der Waals surface area contributed by atoms with Gasteiger partial charge in [0, 0.05) is 6.04 Å². The van der Waals surface area contributed by atoms with Crippen LogP contribution < -0.4 is 16.0 Å². The Bertz CT molecular complexity index is 1240. The maximum absolute atomic E-state index is 12.6. The lowest BCUT2D eigenvalue weighted by Crippen LogP contribution is -2.21. The number of fused-ring (bicyclic) bond motifs is 1. The van der Waals surface area contributed by atoms with E-state index >= 15 is 0 Å². The van der Waals surface area contributed by atoms with E-state index in [1.165, 1.54) is 29.6 Å². The Morgan fingerprint density at radius 1 is 1.10 bits per heavy atom. The number of nitrogens with zero attached hydrogens (tertiary/aromatic N) is 7. The van der Waals surface area contributed by atoms with Gasteiger partial charge in [-0.05, 0) is 18.9 Å². The first-order chi connectivity index (χ1) is 14.6. The Hall–Kier alpha value is -3.44. The van der Waals surface area contributed by atoms with Crippen LogP contribution in [0, 0.1) is 0 Å². The second-order valence-corrected chi connectivity index (χ2v) is 7.41. The average Bonchev–Trinajstić information content (AvgIpc) is 3.20. The summed E-state index contributed by atoms with van der Waals surface area (Å²) in [5.41, 5.74) is 2.07. The molecule has 0 radical (unpaired) electrons. The van der Waals surface area contributed by atoms with Gasteiger partial charge in [-0.15, -0.1) is 4.80 Å². The van der Waals surface area contributed by atoms with Gasteiger partial charge in [-0.25, -0.2) is 19.3 Å². The van der Waals surface area contributed by atoms with Gasteiger partial charge >= 0.3 is 6.03 Å². The number of pyridine rings is 1. The predicted octanol–water partition coefficient (Wildman–Crippen LogP) is 3.23. The molecule has 0 aromatic carbocycles. The first-order valence-electron chi connectivity index (χ1n) is 8.97. The summed E-state index contributed by atoms with van der Waals surface area (Å²) in [4.78, 5) is 22.3. The highest BCUT2D eigenvalue weighted by atomic mass is 35.5. The summed E-state index contributed by atoms with van der Waals surface area (Å²) in [5, 5.41) is 21.7. The molecule has 1 aliphatic rings. The first kappa shape index (κ1) is 18.6. The standard InChI is InChI=1S/C17H14Cl2N10O/c18-11-5-10(6-20-15(11)29-21-3-4-22-29)25-17(30)26-12-7-23-28-8-13(19)27-16(28)14(12)24-9-1-2-9/h3-9,24H,1-2H2,(H2,25,26,30). The molecule has 3 N–H and O–H groups in total. The van der Waals surface area contributed by atoms with Gasteiger partial charge in [-0.2, -0.15) is 15.3 Å². The molecule has 1 saturated carbocycles. The van der Waals surface area contributed by atoms with Crippen molar-refractivity contribution in [2.75, 3.05) is 16.0 Å². The largest absolute Gasteiger partial charge is 0.378 e. The van der Waals surface area contributed by atoms with E-state index in [0.29, 0.717) is 39.7 Å². The highest BCUT2D eigenvalue weighted by Crippen LogP contribution is 2.32. The summed E-state index contributed by atoms with van der Waals surface area (Å²) in [6.07, 6.45) is 9.73. The van der Waals surface area contributed by atoms with E-state index in [9.17, 15) is 4.79 Å². The number of rotatable bonds is 5. The lowest BCUT2D eigenvalue weighted by atomic mass is 10.3. The molecule has 13 heteroatoms. The van der Waals surface area contributed by atoms with Crippen molar-refractivity contribution in [2.45, 2.75) is 18.9 Å². The molecule has 5 rings (SSSR count). The topological polar surface area (TPSA) is 127 Å². The van der Waals surface area contributed by atoms with E-state index in [-0.39, 0.29) is 5.02 Å². The van der Waals surface area contributed by atoms with Crippen molar-refractivity contribution < 1.29 is 4.79 Å². The summed E-state index contributed by atoms with van der Waals surface area (Å²) < 4.78 is 1.56. The van der Waals surface area contributed by atoms with Crippen LogP contribution in [0.1, 0.15) is 12.8 Å². The number of anilines is 3. The first-order valence-corrected chi connectivity index (χ1v) is 9.73. The van der Waals surface area contributed by atoms with Crippen molar-refractivity contribution >= 4 is 51.9 Å². The van der Waals surface area contributed by atoms with Gasteiger partial charge in [0.15, 0.2) is 11.5 Å². The molecule has 0 bridgehead atoms. The fourth-order valence-corrected chi connectivity index (χ4v) is 3.25. The van der Waals surface area contributed by atoms with Crippen molar-refractivity contribution in [1.29, 1.82) is 0 Å². The summed E-state index contributed by atoms with van der Waals surface area (Å²) in [6.45, 7) is 0. The van der Waals surface area contributed by atoms with Crippen LogP contribution in [0.15, 0.2) is 37.1 Å². The number of imidazole rings is 1. The zero-order valence-corrected chi connectivity index (χ0v) is 16.8. The molecule has 2 amide bonds. The molecule has 0 saturated heterocycles. The number of aromatic nitrogens is 7. The lowest BCUT2D eigenvalue weighted by molar-refractivity contribution is 0.262. The number of nitrogens with one attached hydrogen (secondary N) is 3. The van der Waals surface area contributed by atoms with Crippen LogP contribution in [0.3, 0.4) is 0 Å². The molecule has 0 aliphatic heterocycles. The van der Waals surface area contributed by atoms with Gasteiger partial charge in [0.2, 0.25) is 0 Å². The molecule has 4 heterocycles. The van der Waals surface area contributed by atoms with Crippen molar-refractivity contribution in [3.05, 3.63) is 47.2 Å². The molecule has 4 aromatic rings. The summed E-state index contributed by atoms with van der Waals surface area (Å²) in [7, 11) is 0. The Kier molecular flexibility index (Phi) is 4.60. The maximum Gasteiger partial charge on any atom is 0.323 e. The van der Waals surface area contributed by atoms with Gasteiger partial charge in [0.25, 0.3) is 0 Å². The van der Waals surface area contributed by atoms with Crippen molar-refractivity contribution in [2.24, 2.45) is 0 Å². The van der Waals surface area contributed by atoms with Crippen molar-refractivity contribution in [1.82, 2.24) is 34.6 Å². The second kappa shape index (κ2) is 7.43. The fraction of sp³-hybridized carbons (Fsp3) is 0.176. The summed E-state index contributed by atoms with van der Waals surface area (Å²) in [6, 6.07) is 1.41. The molecule has 0 atom stereocenters. The molecule has 30 heavy (non-hydrogen) atoms. The van der Waals surface area contributed by atoms with E-state index in [1.54, 1.807) is 16.8 Å². The Morgan fingerprint density at radius 2 is 1.90 bits per heavy atom. The molecular formula is C17H14Cl2N10O. The monoisotopic (exact) mass is 444 g/mol.